The third-order valence-corrected chi connectivity index (χ3v) is 6.38. The maximum absolute atomic E-state index is 12.3. The summed E-state index contributed by atoms with van der Waals surface area (Å²) in [4.78, 5) is 12.3. The van der Waals surface area contributed by atoms with Crippen LogP contribution in [-0.2, 0) is 9.53 Å². The number of nitrogens with two attached hydrogens (primary N) is 1. The van der Waals surface area contributed by atoms with E-state index in [4.69, 9.17) is 10.5 Å². The maximum atomic E-state index is 12.3. The zero-order valence-electron chi connectivity index (χ0n) is 20.0. The van der Waals surface area contributed by atoms with Crippen molar-refractivity contribution in [2.24, 2.45) is 5.73 Å². The second kappa shape index (κ2) is 17.7. The van der Waals surface area contributed by atoms with Crippen LogP contribution < -0.4 is 11.1 Å². The molecule has 190 valence electrons. The van der Waals surface area contributed by atoms with Gasteiger partial charge in [-0.1, -0.05) is 96.8 Å². The molecule has 6 atom stereocenters. The summed E-state index contributed by atoms with van der Waals surface area (Å²) in [6.07, 6.45) is 11.4. The summed E-state index contributed by atoms with van der Waals surface area (Å²) in [6.45, 7) is 1.71. The Hall–Kier alpha value is -0.770. The molecule has 0 saturated carbocycles. The lowest BCUT2D eigenvalue weighted by molar-refractivity contribution is -0.236. The van der Waals surface area contributed by atoms with Crippen LogP contribution in [0.1, 0.15) is 103 Å². The monoisotopic (exact) mass is 460 g/mol. The number of hydrogen-bond acceptors (Lipinski definition) is 7. The topological polar surface area (TPSA) is 145 Å². The van der Waals surface area contributed by atoms with Crippen molar-refractivity contribution in [2.75, 3.05) is 6.61 Å². The zero-order valence-corrected chi connectivity index (χ0v) is 20.0. The number of aliphatic hydroxyl groups is 4. The van der Waals surface area contributed by atoms with Gasteiger partial charge in [-0.2, -0.15) is 0 Å². The molecule has 1 heterocycles. The van der Waals surface area contributed by atoms with E-state index in [-0.39, 0.29) is 0 Å². The highest BCUT2D eigenvalue weighted by molar-refractivity contribution is 5.81. The third kappa shape index (κ3) is 11.4. The van der Waals surface area contributed by atoms with Crippen molar-refractivity contribution in [3.63, 3.8) is 0 Å². The van der Waals surface area contributed by atoms with E-state index in [0.29, 0.717) is 6.42 Å². The molecule has 1 amide bonds. The molecule has 0 aromatic carbocycles. The maximum Gasteiger partial charge on any atom is 0.238 e. The number of hydrogen-bond donors (Lipinski definition) is 6. The van der Waals surface area contributed by atoms with E-state index in [1.165, 1.54) is 70.6 Å². The Morgan fingerprint density at radius 1 is 0.812 bits per heavy atom. The summed E-state index contributed by atoms with van der Waals surface area (Å²) in [5.41, 5.74) is 5.95. The summed E-state index contributed by atoms with van der Waals surface area (Å²) in [5.74, 6) is -0.482. The Bertz CT molecular complexity index is 479. The molecule has 1 aliphatic rings. The van der Waals surface area contributed by atoms with Crippen molar-refractivity contribution in [3.05, 3.63) is 0 Å². The van der Waals surface area contributed by atoms with Crippen LogP contribution in [0.2, 0.25) is 0 Å². The van der Waals surface area contributed by atoms with Gasteiger partial charge in [-0.15, -0.1) is 0 Å². The molecule has 0 spiro atoms. The molecule has 32 heavy (non-hydrogen) atoms. The molecule has 0 aromatic rings. The normalized spacial score (nSPS) is 26.8. The SMILES string of the molecule is CCCCCCCCCCCCCCCC[C@@H](N)C(=O)N[C@@H]1O[C@H](CO)[C@@H](O)[C@H](O)[C@H]1O. The summed E-state index contributed by atoms with van der Waals surface area (Å²) >= 11 is 0. The highest BCUT2D eigenvalue weighted by Gasteiger charge is 2.44. The minimum atomic E-state index is -1.52. The smallest absolute Gasteiger partial charge is 0.238 e. The predicted molar refractivity (Wildman–Crippen MR) is 125 cm³/mol. The van der Waals surface area contributed by atoms with Crippen molar-refractivity contribution < 1.29 is 30.0 Å². The number of aliphatic hydroxyl groups excluding tert-OH is 4. The van der Waals surface area contributed by atoms with Crippen molar-refractivity contribution in [3.8, 4) is 0 Å². The standard InChI is InChI=1S/C24H48N2O6/c1-2-3-4-5-6-7-8-9-10-11-12-13-14-15-16-18(25)23(31)26-24-22(30)21(29)20(28)19(17-27)32-24/h18-22,24,27-30H,2-17,25H2,1H3,(H,26,31)/t18-,19-,20-,21+,22-,24-/m1/s1. The van der Waals surface area contributed by atoms with E-state index < -0.39 is 49.2 Å². The number of amides is 1. The van der Waals surface area contributed by atoms with E-state index >= 15 is 0 Å². The van der Waals surface area contributed by atoms with Gasteiger partial charge < -0.3 is 36.2 Å². The van der Waals surface area contributed by atoms with Crippen LogP contribution in [0.5, 0.6) is 0 Å². The molecule has 0 bridgehead atoms. The number of rotatable bonds is 18. The number of carbonyl (C=O) groups excluding carboxylic acids is 1. The van der Waals surface area contributed by atoms with Gasteiger partial charge in [0, 0.05) is 0 Å². The Balaban J connectivity index is 2.04. The summed E-state index contributed by atoms with van der Waals surface area (Å²) < 4.78 is 5.28. The number of nitrogens with one attached hydrogen (secondary N) is 1. The van der Waals surface area contributed by atoms with E-state index in [0.717, 1.165) is 19.3 Å². The second-order valence-corrected chi connectivity index (χ2v) is 9.25. The van der Waals surface area contributed by atoms with E-state index in [9.17, 15) is 25.2 Å². The van der Waals surface area contributed by atoms with Crippen LogP contribution in [0.25, 0.3) is 0 Å². The molecule has 1 rings (SSSR count). The van der Waals surface area contributed by atoms with Crippen LogP contribution in [0.15, 0.2) is 0 Å². The van der Waals surface area contributed by atoms with Crippen molar-refractivity contribution in [1.29, 1.82) is 0 Å². The van der Waals surface area contributed by atoms with Crippen LogP contribution in [-0.4, -0.2) is 69.6 Å². The third-order valence-electron chi connectivity index (χ3n) is 6.38. The first-order chi connectivity index (χ1) is 15.4. The van der Waals surface area contributed by atoms with Gasteiger partial charge in [0.05, 0.1) is 12.6 Å². The molecule has 7 N–H and O–H groups in total. The minimum Gasteiger partial charge on any atom is -0.394 e. The van der Waals surface area contributed by atoms with Crippen LogP contribution in [0.3, 0.4) is 0 Å². The zero-order chi connectivity index (χ0) is 23.8. The second-order valence-electron chi connectivity index (χ2n) is 9.25. The number of carbonyl (C=O) groups is 1. The average molecular weight is 461 g/mol. The van der Waals surface area contributed by atoms with E-state index in [1.807, 2.05) is 0 Å². The Morgan fingerprint density at radius 3 is 1.75 bits per heavy atom. The molecule has 1 saturated heterocycles. The van der Waals surface area contributed by atoms with Gasteiger partial charge >= 0.3 is 0 Å². The number of ether oxygens (including phenoxy) is 1. The molecule has 0 aromatic heterocycles. The molecule has 0 radical (unpaired) electrons. The van der Waals surface area contributed by atoms with Crippen LogP contribution >= 0.6 is 0 Å². The summed E-state index contributed by atoms with van der Waals surface area (Å²) in [7, 11) is 0. The first-order valence-electron chi connectivity index (χ1n) is 12.8. The largest absolute Gasteiger partial charge is 0.394 e. The summed E-state index contributed by atoms with van der Waals surface area (Å²) in [6, 6.07) is -0.736. The lowest BCUT2D eigenvalue weighted by Crippen LogP contribution is -2.64. The van der Waals surface area contributed by atoms with Gasteiger partial charge in [0.2, 0.25) is 5.91 Å². The molecule has 8 nitrogen and oxygen atoms in total. The molecular weight excluding hydrogens is 412 g/mol. The highest BCUT2D eigenvalue weighted by Crippen LogP contribution is 2.20. The predicted octanol–water partition coefficient (Wildman–Crippen LogP) is 2.10. The van der Waals surface area contributed by atoms with Crippen LogP contribution in [0, 0.1) is 0 Å². The van der Waals surface area contributed by atoms with Gasteiger partial charge in [-0.3, -0.25) is 4.79 Å². The Morgan fingerprint density at radius 2 is 1.28 bits per heavy atom. The molecule has 1 aliphatic heterocycles. The fraction of sp³-hybridized carbons (Fsp3) is 0.958. The Labute approximate surface area is 193 Å². The van der Waals surface area contributed by atoms with E-state index in [2.05, 4.69) is 12.2 Å². The van der Waals surface area contributed by atoms with Gasteiger partial charge in [0.15, 0.2) is 6.23 Å². The van der Waals surface area contributed by atoms with Crippen molar-refractivity contribution in [2.45, 2.75) is 140 Å². The van der Waals surface area contributed by atoms with Gasteiger partial charge in [-0.25, -0.2) is 0 Å². The number of unbranched alkanes of at least 4 members (excludes halogenated alkanes) is 13. The fourth-order valence-electron chi connectivity index (χ4n) is 4.16. The van der Waals surface area contributed by atoms with Gasteiger partial charge in [0.1, 0.15) is 24.4 Å². The fourth-order valence-corrected chi connectivity index (χ4v) is 4.16. The van der Waals surface area contributed by atoms with Crippen molar-refractivity contribution >= 4 is 5.91 Å². The van der Waals surface area contributed by atoms with Crippen molar-refractivity contribution in [1.82, 2.24) is 5.32 Å². The molecular formula is C24H48N2O6. The lowest BCUT2D eigenvalue weighted by Gasteiger charge is -2.40. The van der Waals surface area contributed by atoms with Gasteiger partial charge in [-0.05, 0) is 6.42 Å². The first kappa shape index (κ1) is 29.3. The first-order valence-corrected chi connectivity index (χ1v) is 12.8. The Kier molecular flexibility index (Phi) is 16.2. The minimum absolute atomic E-state index is 0.482. The molecule has 0 aliphatic carbocycles. The molecule has 8 heteroatoms. The average Bonchev–Trinajstić information content (AvgIpc) is 2.79. The highest BCUT2D eigenvalue weighted by atomic mass is 16.6. The molecule has 1 fully saturated rings. The van der Waals surface area contributed by atoms with E-state index in [1.54, 1.807) is 0 Å². The van der Waals surface area contributed by atoms with Crippen LogP contribution in [0.4, 0.5) is 0 Å². The molecule has 0 unspecified atom stereocenters. The quantitative estimate of drug-likeness (QED) is 0.172. The lowest BCUT2D eigenvalue weighted by atomic mass is 9.98. The summed E-state index contributed by atoms with van der Waals surface area (Å²) in [5, 5.41) is 41.2. The van der Waals surface area contributed by atoms with Gasteiger partial charge in [0.25, 0.3) is 0 Å².